The number of thiophene rings is 1. The lowest BCUT2D eigenvalue weighted by Gasteiger charge is -2.05. The summed E-state index contributed by atoms with van der Waals surface area (Å²) < 4.78 is 7.17. The highest BCUT2D eigenvalue weighted by Gasteiger charge is 2.14. The first-order valence-electron chi connectivity index (χ1n) is 4.92. The quantitative estimate of drug-likeness (QED) is 0.706. The summed E-state index contributed by atoms with van der Waals surface area (Å²) in [5, 5.41) is 0. The molecule has 0 aliphatic rings. The molecule has 6 heteroatoms. The zero-order valence-corrected chi connectivity index (χ0v) is 12.9. The second-order valence-electron chi connectivity index (χ2n) is 3.41. The number of rotatable bonds is 4. The van der Waals surface area contributed by atoms with E-state index in [0.29, 0.717) is 20.0 Å². The predicted molar refractivity (Wildman–Crippen MR) is 78.3 cm³/mol. The monoisotopic (exact) mass is 364 g/mol. The van der Waals surface area contributed by atoms with Crippen LogP contribution < -0.4 is 4.74 Å². The molecule has 0 fully saturated rings. The average molecular weight is 366 g/mol. The van der Waals surface area contributed by atoms with Crippen molar-refractivity contribution in [1.29, 1.82) is 0 Å². The molecule has 18 heavy (non-hydrogen) atoms. The molecule has 2 aromatic rings. The first-order chi connectivity index (χ1) is 8.56. The van der Waals surface area contributed by atoms with Gasteiger partial charge in [-0.05, 0) is 24.3 Å². The maximum Gasteiger partial charge on any atom is 0.202 e. The van der Waals surface area contributed by atoms with E-state index in [-0.39, 0.29) is 12.4 Å². The van der Waals surface area contributed by atoms with E-state index in [1.165, 1.54) is 11.3 Å². The van der Waals surface area contributed by atoms with E-state index in [2.05, 4.69) is 15.9 Å². The van der Waals surface area contributed by atoms with Gasteiger partial charge in [-0.25, -0.2) is 0 Å². The summed E-state index contributed by atoms with van der Waals surface area (Å²) in [4.78, 5) is 11.9. The molecule has 1 heterocycles. The van der Waals surface area contributed by atoms with E-state index >= 15 is 0 Å². The molecule has 0 atom stereocenters. The molecular weight excluding hydrogens is 359 g/mol. The fraction of sp³-hybridized carbons (Fsp3) is 0.0833. The average Bonchev–Trinajstić information content (AvgIpc) is 2.66. The fourth-order valence-corrected chi connectivity index (χ4v) is 3.19. The van der Waals surface area contributed by atoms with Gasteiger partial charge in [0.1, 0.15) is 10.1 Å². The molecule has 0 N–H and O–H groups in total. The Morgan fingerprint density at radius 2 is 2.11 bits per heavy atom. The minimum Gasteiger partial charge on any atom is -0.485 e. The molecule has 1 aromatic carbocycles. The van der Waals surface area contributed by atoms with Crippen LogP contribution >= 0.6 is 50.5 Å². The molecule has 2 rings (SSSR count). The van der Waals surface area contributed by atoms with Gasteiger partial charge in [0.15, 0.2) is 6.61 Å². The Hall–Kier alpha value is -0.550. The van der Waals surface area contributed by atoms with Gasteiger partial charge in [0.25, 0.3) is 0 Å². The number of benzene rings is 1. The minimum absolute atomic E-state index is 0.0662. The van der Waals surface area contributed by atoms with Crippen LogP contribution in [0.4, 0.5) is 0 Å². The summed E-state index contributed by atoms with van der Waals surface area (Å²) in [5.74, 6) is 0.429. The molecule has 2 nitrogen and oxygen atoms in total. The molecule has 0 saturated carbocycles. The lowest BCUT2D eigenvalue weighted by molar-refractivity contribution is 0.0922. The number of Topliss-reactive ketones (excluding diaryl/α,β-unsaturated/α-hetero) is 1. The first kappa shape index (κ1) is 13.9. The number of ketones is 1. The minimum atomic E-state index is -0.192. The van der Waals surface area contributed by atoms with Gasteiger partial charge in [0.05, 0.1) is 9.90 Å². The third kappa shape index (κ3) is 3.48. The molecule has 0 unspecified atom stereocenters. The molecule has 0 aliphatic carbocycles. The number of ether oxygens (including phenoxy) is 1. The highest BCUT2D eigenvalue weighted by atomic mass is 79.9. The summed E-state index contributed by atoms with van der Waals surface area (Å²) in [6, 6.07) is 8.83. The van der Waals surface area contributed by atoms with Gasteiger partial charge >= 0.3 is 0 Å². The standard InChI is InChI=1S/C12H7BrCl2O2S/c13-7-2-1-3-8(4-7)17-6-10(16)9-5-11(14)18-12(9)15/h1-5H,6H2. The maximum absolute atomic E-state index is 11.9. The van der Waals surface area contributed by atoms with Crippen molar-refractivity contribution in [2.75, 3.05) is 6.61 Å². The Kier molecular flexibility index (Phi) is 4.67. The van der Waals surface area contributed by atoms with Crippen LogP contribution in [-0.4, -0.2) is 12.4 Å². The summed E-state index contributed by atoms with van der Waals surface area (Å²) in [6.45, 7) is -0.0662. The molecule has 0 saturated heterocycles. The van der Waals surface area contributed by atoms with Crippen LogP contribution in [0.25, 0.3) is 0 Å². The van der Waals surface area contributed by atoms with E-state index in [0.717, 1.165) is 4.47 Å². The second kappa shape index (κ2) is 6.06. The van der Waals surface area contributed by atoms with Crippen molar-refractivity contribution in [3.8, 4) is 5.75 Å². The third-order valence-electron chi connectivity index (χ3n) is 2.12. The molecule has 0 aliphatic heterocycles. The van der Waals surface area contributed by atoms with Crippen molar-refractivity contribution in [3.05, 3.63) is 49.0 Å². The zero-order valence-electron chi connectivity index (χ0n) is 8.95. The van der Waals surface area contributed by atoms with Crippen molar-refractivity contribution in [2.45, 2.75) is 0 Å². The van der Waals surface area contributed by atoms with Crippen molar-refractivity contribution in [3.63, 3.8) is 0 Å². The van der Waals surface area contributed by atoms with E-state index in [1.54, 1.807) is 18.2 Å². The molecule has 0 amide bonds. The highest BCUT2D eigenvalue weighted by Crippen LogP contribution is 2.31. The van der Waals surface area contributed by atoms with Crippen LogP contribution in [0.5, 0.6) is 5.75 Å². The number of carbonyl (C=O) groups excluding carboxylic acids is 1. The normalized spacial score (nSPS) is 10.4. The maximum atomic E-state index is 11.9. The number of hydrogen-bond donors (Lipinski definition) is 0. The summed E-state index contributed by atoms with van der Waals surface area (Å²) in [7, 11) is 0. The zero-order chi connectivity index (χ0) is 13.1. The van der Waals surface area contributed by atoms with Crippen molar-refractivity contribution in [2.24, 2.45) is 0 Å². The molecule has 0 radical (unpaired) electrons. The van der Waals surface area contributed by atoms with Gasteiger partial charge in [-0.3, -0.25) is 4.79 Å². The Morgan fingerprint density at radius 1 is 1.33 bits per heavy atom. The third-order valence-corrected chi connectivity index (χ3v) is 4.10. The molecule has 94 valence electrons. The van der Waals surface area contributed by atoms with Gasteiger partial charge in [-0.15, -0.1) is 11.3 Å². The van der Waals surface area contributed by atoms with Gasteiger partial charge in [-0.2, -0.15) is 0 Å². The Labute approximate surface area is 127 Å². The molecule has 1 aromatic heterocycles. The van der Waals surface area contributed by atoms with Crippen LogP contribution in [0.3, 0.4) is 0 Å². The smallest absolute Gasteiger partial charge is 0.202 e. The first-order valence-corrected chi connectivity index (χ1v) is 7.29. The van der Waals surface area contributed by atoms with Crippen molar-refractivity contribution in [1.82, 2.24) is 0 Å². The van der Waals surface area contributed by atoms with Gasteiger partial charge in [0, 0.05) is 4.47 Å². The number of carbonyl (C=O) groups is 1. The van der Waals surface area contributed by atoms with Gasteiger partial charge in [0.2, 0.25) is 5.78 Å². The Morgan fingerprint density at radius 3 is 2.72 bits per heavy atom. The molecular formula is C12H7BrCl2O2S. The van der Waals surface area contributed by atoms with E-state index in [9.17, 15) is 4.79 Å². The van der Waals surface area contributed by atoms with Crippen LogP contribution in [0, 0.1) is 0 Å². The van der Waals surface area contributed by atoms with Crippen LogP contribution in [-0.2, 0) is 0 Å². The van der Waals surface area contributed by atoms with E-state index < -0.39 is 0 Å². The van der Waals surface area contributed by atoms with E-state index in [4.69, 9.17) is 27.9 Å². The molecule has 0 spiro atoms. The molecule has 0 bridgehead atoms. The summed E-state index contributed by atoms with van der Waals surface area (Å²) >= 11 is 16.2. The summed E-state index contributed by atoms with van der Waals surface area (Å²) in [6.07, 6.45) is 0. The van der Waals surface area contributed by atoms with Crippen LogP contribution in [0.1, 0.15) is 10.4 Å². The Bertz CT molecular complexity index is 583. The second-order valence-corrected chi connectivity index (χ2v) is 6.61. The Balaban J connectivity index is 2.03. The van der Waals surface area contributed by atoms with Crippen LogP contribution in [0.15, 0.2) is 34.8 Å². The van der Waals surface area contributed by atoms with E-state index in [1.807, 2.05) is 12.1 Å². The van der Waals surface area contributed by atoms with Crippen molar-refractivity contribution < 1.29 is 9.53 Å². The largest absolute Gasteiger partial charge is 0.485 e. The predicted octanol–water partition coefficient (Wildman–Crippen LogP) is 5.08. The SMILES string of the molecule is O=C(COc1cccc(Br)c1)c1cc(Cl)sc1Cl. The van der Waals surface area contributed by atoms with Gasteiger partial charge in [-0.1, -0.05) is 45.2 Å². The highest BCUT2D eigenvalue weighted by molar-refractivity contribution is 9.10. The number of halogens is 3. The van der Waals surface area contributed by atoms with Crippen molar-refractivity contribution >= 4 is 56.3 Å². The topological polar surface area (TPSA) is 26.3 Å². The summed E-state index contributed by atoms with van der Waals surface area (Å²) in [5.41, 5.74) is 0.404. The number of hydrogen-bond acceptors (Lipinski definition) is 3. The van der Waals surface area contributed by atoms with Gasteiger partial charge < -0.3 is 4.74 Å². The lowest BCUT2D eigenvalue weighted by Crippen LogP contribution is -2.11. The van der Waals surface area contributed by atoms with Crippen LogP contribution in [0.2, 0.25) is 8.67 Å². The fourth-order valence-electron chi connectivity index (χ4n) is 1.31. The lowest BCUT2D eigenvalue weighted by atomic mass is 10.2.